The summed E-state index contributed by atoms with van der Waals surface area (Å²) >= 11 is 0. The van der Waals surface area contributed by atoms with Crippen LogP contribution in [-0.4, -0.2) is 31.7 Å². The first-order valence-electron chi connectivity index (χ1n) is 6.69. The van der Waals surface area contributed by atoms with Crippen molar-refractivity contribution in [3.8, 4) is 0 Å². The number of hydrogen-bond acceptors (Lipinski definition) is 5. The number of aromatic amines is 1. The third-order valence-corrected chi connectivity index (χ3v) is 3.04. The highest BCUT2D eigenvalue weighted by Crippen LogP contribution is 2.18. The fourth-order valence-corrected chi connectivity index (χ4v) is 2.04. The zero-order chi connectivity index (χ0) is 13.8. The van der Waals surface area contributed by atoms with Crippen LogP contribution in [0.5, 0.6) is 0 Å². The summed E-state index contributed by atoms with van der Waals surface area (Å²) < 4.78 is 0. The van der Waals surface area contributed by atoms with Crippen LogP contribution in [0.4, 0.5) is 5.95 Å². The number of pyridine rings is 1. The van der Waals surface area contributed by atoms with Crippen LogP contribution in [0.2, 0.25) is 0 Å². The Morgan fingerprint density at radius 3 is 2.85 bits per heavy atom. The van der Waals surface area contributed by atoms with Gasteiger partial charge in [0.05, 0.1) is 17.3 Å². The van der Waals surface area contributed by atoms with E-state index >= 15 is 0 Å². The number of rotatable bonds is 5. The summed E-state index contributed by atoms with van der Waals surface area (Å²) in [5.41, 5.74) is 2.90. The Morgan fingerprint density at radius 1 is 1.20 bits per heavy atom. The number of nitrogens with zero attached hydrogens (tertiary/aromatic N) is 4. The van der Waals surface area contributed by atoms with Gasteiger partial charge in [0.15, 0.2) is 5.65 Å². The van der Waals surface area contributed by atoms with Gasteiger partial charge in [-0.05, 0) is 24.1 Å². The average molecular weight is 268 g/mol. The number of nitrogens with one attached hydrogen (secondary N) is 2. The molecule has 0 aliphatic rings. The SMILES string of the molecule is CCCNc1nc(Cc2ccncc2)c2cn[nH]c2n1. The molecule has 20 heavy (non-hydrogen) atoms. The Balaban J connectivity index is 1.97. The Kier molecular flexibility index (Phi) is 3.54. The summed E-state index contributed by atoms with van der Waals surface area (Å²) in [5.74, 6) is 0.646. The normalized spacial score (nSPS) is 10.8. The predicted molar refractivity (Wildman–Crippen MR) is 77.5 cm³/mol. The average Bonchev–Trinajstić information content (AvgIpc) is 2.95. The van der Waals surface area contributed by atoms with Crippen LogP contribution in [0.3, 0.4) is 0 Å². The van der Waals surface area contributed by atoms with Gasteiger partial charge in [-0.15, -0.1) is 0 Å². The molecule has 102 valence electrons. The standard InChI is InChI=1S/C14H16N6/c1-2-5-16-14-18-12(8-10-3-6-15-7-4-10)11-9-17-20-13(11)19-14/h3-4,6-7,9H,2,5,8H2,1H3,(H2,16,17,18,19,20). The highest BCUT2D eigenvalue weighted by molar-refractivity contribution is 5.78. The Morgan fingerprint density at radius 2 is 2.05 bits per heavy atom. The van der Waals surface area contributed by atoms with Crippen LogP contribution in [0.1, 0.15) is 24.6 Å². The van der Waals surface area contributed by atoms with Crippen LogP contribution in [0.15, 0.2) is 30.7 Å². The van der Waals surface area contributed by atoms with Gasteiger partial charge in [0.25, 0.3) is 0 Å². The molecule has 0 unspecified atom stereocenters. The van der Waals surface area contributed by atoms with E-state index in [1.54, 1.807) is 18.6 Å². The summed E-state index contributed by atoms with van der Waals surface area (Å²) in [4.78, 5) is 13.1. The van der Waals surface area contributed by atoms with Crippen molar-refractivity contribution < 1.29 is 0 Å². The van der Waals surface area contributed by atoms with E-state index in [1.165, 1.54) is 5.56 Å². The van der Waals surface area contributed by atoms with Gasteiger partial charge in [-0.3, -0.25) is 10.1 Å². The highest BCUT2D eigenvalue weighted by atomic mass is 15.2. The molecule has 0 aromatic carbocycles. The van der Waals surface area contributed by atoms with Crippen molar-refractivity contribution in [2.24, 2.45) is 0 Å². The van der Waals surface area contributed by atoms with E-state index in [0.29, 0.717) is 5.95 Å². The van der Waals surface area contributed by atoms with Gasteiger partial charge in [0, 0.05) is 25.4 Å². The molecule has 3 aromatic rings. The fraction of sp³-hybridized carbons (Fsp3) is 0.286. The minimum Gasteiger partial charge on any atom is -0.354 e. The third-order valence-electron chi connectivity index (χ3n) is 3.04. The molecule has 0 radical (unpaired) electrons. The maximum absolute atomic E-state index is 4.60. The van der Waals surface area contributed by atoms with Gasteiger partial charge >= 0.3 is 0 Å². The first-order chi connectivity index (χ1) is 9.86. The molecule has 6 heteroatoms. The van der Waals surface area contributed by atoms with Gasteiger partial charge in [0.1, 0.15) is 0 Å². The molecule has 0 aliphatic carbocycles. The Hall–Kier alpha value is -2.50. The quantitative estimate of drug-likeness (QED) is 0.741. The predicted octanol–water partition coefficient (Wildman–Crippen LogP) is 2.16. The topological polar surface area (TPSA) is 79.4 Å². The molecule has 0 bridgehead atoms. The van der Waals surface area contributed by atoms with Crippen molar-refractivity contribution in [1.82, 2.24) is 25.1 Å². The van der Waals surface area contributed by atoms with E-state index < -0.39 is 0 Å². The van der Waals surface area contributed by atoms with Crippen LogP contribution >= 0.6 is 0 Å². The summed E-state index contributed by atoms with van der Waals surface area (Å²) in [6.45, 7) is 2.97. The van der Waals surface area contributed by atoms with E-state index in [-0.39, 0.29) is 0 Å². The van der Waals surface area contributed by atoms with E-state index in [0.717, 1.165) is 36.1 Å². The zero-order valence-electron chi connectivity index (χ0n) is 11.3. The molecule has 6 nitrogen and oxygen atoms in total. The van der Waals surface area contributed by atoms with Gasteiger partial charge in [-0.1, -0.05) is 6.92 Å². The highest BCUT2D eigenvalue weighted by Gasteiger charge is 2.09. The number of aromatic nitrogens is 5. The van der Waals surface area contributed by atoms with Crippen LogP contribution < -0.4 is 5.32 Å². The van der Waals surface area contributed by atoms with Gasteiger partial charge < -0.3 is 5.32 Å². The summed E-state index contributed by atoms with van der Waals surface area (Å²) in [6, 6.07) is 3.99. The van der Waals surface area contributed by atoms with Gasteiger partial charge in [-0.25, -0.2) is 4.98 Å². The van der Waals surface area contributed by atoms with E-state index in [2.05, 4.69) is 37.4 Å². The fourth-order valence-electron chi connectivity index (χ4n) is 2.04. The van der Waals surface area contributed by atoms with Crippen molar-refractivity contribution >= 4 is 17.0 Å². The molecule has 3 heterocycles. The molecule has 0 spiro atoms. The van der Waals surface area contributed by atoms with Crippen molar-refractivity contribution in [3.05, 3.63) is 42.0 Å². The second kappa shape index (κ2) is 5.64. The zero-order valence-corrected chi connectivity index (χ0v) is 11.3. The minimum absolute atomic E-state index is 0.646. The molecule has 0 saturated heterocycles. The number of anilines is 1. The van der Waals surface area contributed by atoms with E-state index in [9.17, 15) is 0 Å². The molecule has 0 aliphatic heterocycles. The third kappa shape index (κ3) is 2.59. The maximum Gasteiger partial charge on any atom is 0.224 e. The number of hydrogen-bond donors (Lipinski definition) is 2. The molecular weight excluding hydrogens is 252 g/mol. The van der Waals surface area contributed by atoms with Gasteiger partial charge in [-0.2, -0.15) is 10.1 Å². The molecular formula is C14H16N6. The minimum atomic E-state index is 0.646. The van der Waals surface area contributed by atoms with Crippen LogP contribution in [-0.2, 0) is 6.42 Å². The second-order valence-electron chi connectivity index (χ2n) is 4.59. The van der Waals surface area contributed by atoms with Crippen molar-refractivity contribution in [3.63, 3.8) is 0 Å². The van der Waals surface area contributed by atoms with Gasteiger partial charge in [0.2, 0.25) is 5.95 Å². The molecule has 2 N–H and O–H groups in total. The molecule has 0 amide bonds. The lowest BCUT2D eigenvalue weighted by Crippen LogP contribution is -2.06. The smallest absolute Gasteiger partial charge is 0.224 e. The lowest BCUT2D eigenvalue weighted by Gasteiger charge is -2.07. The Bertz CT molecular complexity index is 691. The molecule has 0 fully saturated rings. The largest absolute Gasteiger partial charge is 0.354 e. The summed E-state index contributed by atoms with van der Waals surface area (Å²) in [6.07, 6.45) is 7.13. The number of fused-ring (bicyclic) bond motifs is 1. The second-order valence-corrected chi connectivity index (χ2v) is 4.59. The van der Waals surface area contributed by atoms with Crippen molar-refractivity contribution in [2.75, 3.05) is 11.9 Å². The first kappa shape index (κ1) is 12.5. The van der Waals surface area contributed by atoms with Crippen molar-refractivity contribution in [1.29, 1.82) is 0 Å². The van der Waals surface area contributed by atoms with Crippen LogP contribution in [0.25, 0.3) is 11.0 Å². The lowest BCUT2D eigenvalue weighted by molar-refractivity contribution is 0.944. The summed E-state index contributed by atoms with van der Waals surface area (Å²) in [7, 11) is 0. The van der Waals surface area contributed by atoms with Crippen LogP contribution in [0, 0.1) is 0 Å². The maximum atomic E-state index is 4.60. The van der Waals surface area contributed by atoms with Crippen molar-refractivity contribution in [2.45, 2.75) is 19.8 Å². The monoisotopic (exact) mass is 268 g/mol. The summed E-state index contributed by atoms with van der Waals surface area (Å²) in [5, 5.41) is 11.1. The molecule has 3 rings (SSSR count). The van der Waals surface area contributed by atoms with E-state index in [4.69, 9.17) is 0 Å². The molecule has 3 aromatic heterocycles. The number of H-pyrrole nitrogens is 1. The molecule has 0 saturated carbocycles. The lowest BCUT2D eigenvalue weighted by atomic mass is 10.1. The first-order valence-corrected chi connectivity index (χ1v) is 6.69. The van der Waals surface area contributed by atoms with E-state index in [1.807, 2.05) is 12.1 Å². The Labute approximate surface area is 116 Å². The molecule has 0 atom stereocenters.